The SMILES string of the molecule is CCOc1ccc(OCC(=O)N(CC(=O)O)C(C)CC)cc1. The maximum atomic E-state index is 12.1. The fourth-order valence-corrected chi connectivity index (χ4v) is 1.88. The van der Waals surface area contributed by atoms with Gasteiger partial charge in [0.1, 0.15) is 18.0 Å². The summed E-state index contributed by atoms with van der Waals surface area (Å²) in [6, 6.07) is 6.79. The first-order chi connectivity index (χ1) is 10.5. The Labute approximate surface area is 130 Å². The molecular weight excluding hydrogens is 286 g/mol. The van der Waals surface area contributed by atoms with Crippen molar-refractivity contribution in [3.63, 3.8) is 0 Å². The minimum Gasteiger partial charge on any atom is -0.494 e. The Morgan fingerprint density at radius 3 is 2.14 bits per heavy atom. The first-order valence-electron chi connectivity index (χ1n) is 7.34. The van der Waals surface area contributed by atoms with Crippen LogP contribution in [0.3, 0.4) is 0 Å². The summed E-state index contributed by atoms with van der Waals surface area (Å²) < 4.78 is 10.7. The zero-order chi connectivity index (χ0) is 16.5. The van der Waals surface area contributed by atoms with Crippen LogP contribution in [-0.2, 0) is 9.59 Å². The molecule has 0 radical (unpaired) electrons. The van der Waals surface area contributed by atoms with Gasteiger partial charge in [0, 0.05) is 6.04 Å². The average Bonchev–Trinajstić information content (AvgIpc) is 2.51. The molecule has 0 saturated heterocycles. The summed E-state index contributed by atoms with van der Waals surface area (Å²) in [4.78, 5) is 24.3. The zero-order valence-electron chi connectivity index (χ0n) is 13.2. The van der Waals surface area contributed by atoms with Gasteiger partial charge in [-0.3, -0.25) is 9.59 Å². The summed E-state index contributed by atoms with van der Waals surface area (Å²) in [7, 11) is 0. The summed E-state index contributed by atoms with van der Waals surface area (Å²) >= 11 is 0. The number of nitrogens with zero attached hydrogens (tertiary/aromatic N) is 1. The van der Waals surface area contributed by atoms with E-state index in [4.69, 9.17) is 14.6 Å². The molecule has 6 heteroatoms. The fraction of sp³-hybridized carbons (Fsp3) is 0.500. The van der Waals surface area contributed by atoms with Crippen molar-refractivity contribution >= 4 is 11.9 Å². The largest absolute Gasteiger partial charge is 0.494 e. The first-order valence-corrected chi connectivity index (χ1v) is 7.34. The van der Waals surface area contributed by atoms with Crippen LogP contribution in [0.5, 0.6) is 11.5 Å². The number of carboxylic acids is 1. The Morgan fingerprint density at radius 2 is 1.68 bits per heavy atom. The quantitative estimate of drug-likeness (QED) is 0.756. The summed E-state index contributed by atoms with van der Waals surface area (Å²) in [5.41, 5.74) is 0. The number of ether oxygens (including phenoxy) is 2. The van der Waals surface area contributed by atoms with Gasteiger partial charge in [-0.05, 0) is 44.5 Å². The normalized spacial score (nSPS) is 11.6. The molecule has 1 N–H and O–H groups in total. The van der Waals surface area contributed by atoms with Gasteiger partial charge in [-0.15, -0.1) is 0 Å². The lowest BCUT2D eigenvalue weighted by Gasteiger charge is -2.26. The molecule has 1 unspecified atom stereocenters. The van der Waals surface area contributed by atoms with Gasteiger partial charge in [0.2, 0.25) is 0 Å². The van der Waals surface area contributed by atoms with Crippen LogP contribution in [0.1, 0.15) is 27.2 Å². The van der Waals surface area contributed by atoms with Crippen molar-refractivity contribution < 1.29 is 24.2 Å². The van der Waals surface area contributed by atoms with Gasteiger partial charge in [-0.2, -0.15) is 0 Å². The maximum Gasteiger partial charge on any atom is 0.323 e. The zero-order valence-corrected chi connectivity index (χ0v) is 13.2. The van der Waals surface area contributed by atoms with Crippen molar-refractivity contribution in [2.45, 2.75) is 33.2 Å². The minimum atomic E-state index is -1.03. The number of aliphatic carboxylic acids is 1. The van der Waals surface area contributed by atoms with E-state index < -0.39 is 5.97 Å². The molecule has 1 rings (SSSR count). The van der Waals surface area contributed by atoms with Crippen LogP contribution in [0, 0.1) is 0 Å². The van der Waals surface area contributed by atoms with E-state index in [1.807, 2.05) is 20.8 Å². The third-order valence-corrected chi connectivity index (χ3v) is 3.25. The molecule has 0 bridgehead atoms. The molecule has 1 aromatic rings. The van der Waals surface area contributed by atoms with Crippen molar-refractivity contribution in [3.8, 4) is 11.5 Å². The van der Waals surface area contributed by atoms with Gasteiger partial charge in [0.05, 0.1) is 6.61 Å². The molecule has 0 heterocycles. The lowest BCUT2D eigenvalue weighted by Crippen LogP contribution is -2.44. The summed E-state index contributed by atoms with van der Waals surface area (Å²) in [5.74, 6) is -0.107. The first kappa shape index (κ1) is 17.8. The highest BCUT2D eigenvalue weighted by Gasteiger charge is 2.21. The molecular formula is C16H23NO5. The molecule has 0 spiro atoms. The average molecular weight is 309 g/mol. The van der Waals surface area contributed by atoms with Gasteiger partial charge in [-0.25, -0.2) is 0 Å². The summed E-state index contributed by atoms with van der Waals surface area (Å²) in [5, 5.41) is 8.89. The predicted molar refractivity (Wildman–Crippen MR) is 82.2 cm³/mol. The van der Waals surface area contributed by atoms with Crippen LogP contribution in [0.4, 0.5) is 0 Å². The van der Waals surface area contributed by atoms with Crippen LogP contribution in [0.25, 0.3) is 0 Å². The minimum absolute atomic E-state index is 0.146. The Hall–Kier alpha value is -2.24. The monoisotopic (exact) mass is 309 g/mol. The second-order valence-corrected chi connectivity index (χ2v) is 4.87. The lowest BCUT2D eigenvalue weighted by atomic mass is 10.2. The Bertz CT molecular complexity index is 486. The van der Waals surface area contributed by atoms with E-state index in [0.29, 0.717) is 18.8 Å². The molecule has 6 nitrogen and oxygen atoms in total. The van der Waals surface area contributed by atoms with Gasteiger partial charge in [0.15, 0.2) is 6.61 Å². The number of benzene rings is 1. The highest BCUT2D eigenvalue weighted by atomic mass is 16.5. The number of carboxylic acid groups (broad SMARTS) is 1. The molecule has 0 fully saturated rings. The van der Waals surface area contributed by atoms with Crippen LogP contribution >= 0.6 is 0 Å². The van der Waals surface area contributed by atoms with Crippen LogP contribution in [-0.4, -0.2) is 47.7 Å². The van der Waals surface area contributed by atoms with Crippen molar-refractivity contribution in [2.75, 3.05) is 19.8 Å². The molecule has 0 aromatic heterocycles. The number of carbonyl (C=O) groups excluding carboxylic acids is 1. The third-order valence-electron chi connectivity index (χ3n) is 3.25. The van der Waals surface area contributed by atoms with E-state index in [1.165, 1.54) is 4.90 Å². The fourth-order valence-electron chi connectivity index (χ4n) is 1.88. The van der Waals surface area contributed by atoms with Crippen molar-refractivity contribution in [1.29, 1.82) is 0 Å². The van der Waals surface area contributed by atoms with Crippen LogP contribution < -0.4 is 9.47 Å². The number of amides is 1. The Balaban J connectivity index is 2.59. The van der Waals surface area contributed by atoms with E-state index in [9.17, 15) is 9.59 Å². The number of hydrogen-bond acceptors (Lipinski definition) is 4. The molecule has 22 heavy (non-hydrogen) atoms. The topological polar surface area (TPSA) is 76.1 Å². The Morgan fingerprint density at radius 1 is 1.14 bits per heavy atom. The molecule has 0 aliphatic carbocycles. The van der Waals surface area contributed by atoms with Gasteiger partial charge in [0.25, 0.3) is 5.91 Å². The van der Waals surface area contributed by atoms with E-state index in [1.54, 1.807) is 24.3 Å². The predicted octanol–water partition coefficient (Wildman–Crippen LogP) is 2.18. The number of rotatable bonds is 9. The summed E-state index contributed by atoms with van der Waals surface area (Å²) in [6.07, 6.45) is 0.683. The van der Waals surface area contributed by atoms with Crippen LogP contribution in [0.2, 0.25) is 0 Å². The van der Waals surface area contributed by atoms with E-state index in [-0.39, 0.29) is 25.1 Å². The highest BCUT2D eigenvalue weighted by molar-refractivity contribution is 5.82. The summed E-state index contributed by atoms with van der Waals surface area (Å²) in [6.45, 7) is 5.69. The third kappa shape index (κ3) is 5.63. The molecule has 1 aromatic carbocycles. The molecule has 0 aliphatic rings. The van der Waals surface area contributed by atoms with Crippen molar-refractivity contribution in [1.82, 2.24) is 4.90 Å². The molecule has 1 atom stereocenters. The number of hydrogen-bond donors (Lipinski definition) is 1. The van der Waals surface area contributed by atoms with Gasteiger partial charge >= 0.3 is 5.97 Å². The van der Waals surface area contributed by atoms with Crippen molar-refractivity contribution in [2.24, 2.45) is 0 Å². The second kappa shape index (κ2) is 8.92. The standard InChI is InChI=1S/C16H23NO5/c1-4-12(3)17(10-16(19)20)15(18)11-22-14-8-6-13(7-9-14)21-5-2/h6-9,12H,4-5,10-11H2,1-3H3,(H,19,20). The van der Waals surface area contributed by atoms with E-state index in [0.717, 1.165) is 5.75 Å². The van der Waals surface area contributed by atoms with E-state index in [2.05, 4.69) is 0 Å². The number of carbonyl (C=O) groups is 2. The highest BCUT2D eigenvalue weighted by Crippen LogP contribution is 2.17. The van der Waals surface area contributed by atoms with Crippen LogP contribution in [0.15, 0.2) is 24.3 Å². The molecule has 0 saturated carbocycles. The molecule has 1 amide bonds. The molecule has 0 aliphatic heterocycles. The lowest BCUT2D eigenvalue weighted by molar-refractivity contribution is -0.147. The van der Waals surface area contributed by atoms with Gasteiger partial charge in [-0.1, -0.05) is 6.92 Å². The van der Waals surface area contributed by atoms with Crippen molar-refractivity contribution in [3.05, 3.63) is 24.3 Å². The second-order valence-electron chi connectivity index (χ2n) is 4.87. The van der Waals surface area contributed by atoms with Gasteiger partial charge < -0.3 is 19.5 Å². The maximum absolute atomic E-state index is 12.1. The smallest absolute Gasteiger partial charge is 0.323 e. The van der Waals surface area contributed by atoms with E-state index >= 15 is 0 Å². The Kier molecular flexibility index (Phi) is 7.22. The molecule has 122 valence electrons.